The SMILES string of the molecule is CNc1ncc(C#C[C@@H]2CCC[C@H](NC(=O)[C@H](C)N(C)C(=O)OC(C)(C)C)C2)c(NCc2cccc(F)c2)n1. The average molecular weight is 539 g/mol. The second kappa shape index (κ2) is 13.3. The number of anilines is 2. The van der Waals surface area contributed by atoms with Gasteiger partial charge in [0.15, 0.2) is 0 Å². The van der Waals surface area contributed by atoms with Gasteiger partial charge in [-0.1, -0.05) is 30.4 Å². The number of aromatic nitrogens is 2. The number of nitrogens with one attached hydrogen (secondary N) is 3. The summed E-state index contributed by atoms with van der Waals surface area (Å²) >= 11 is 0. The summed E-state index contributed by atoms with van der Waals surface area (Å²) in [5.41, 5.74) is 0.796. The lowest BCUT2D eigenvalue weighted by Crippen LogP contribution is -2.50. The van der Waals surface area contributed by atoms with Crippen LogP contribution in [-0.4, -0.2) is 58.6 Å². The van der Waals surface area contributed by atoms with Crippen molar-refractivity contribution in [3.8, 4) is 11.8 Å². The monoisotopic (exact) mass is 538 g/mol. The third kappa shape index (κ3) is 9.13. The number of halogens is 1. The van der Waals surface area contributed by atoms with E-state index in [1.807, 2.05) is 6.07 Å². The van der Waals surface area contributed by atoms with Crippen molar-refractivity contribution < 1.29 is 18.7 Å². The van der Waals surface area contributed by atoms with Crippen molar-refractivity contribution in [1.29, 1.82) is 0 Å². The summed E-state index contributed by atoms with van der Waals surface area (Å²) in [5, 5.41) is 9.25. The van der Waals surface area contributed by atoms with Crippen LogP contribution in [0.5, 0.6) is 0 Å². The summed E-state index contributed by atoms with van der Waals surface area (Å²) in [7, 11) is 3.30. The third-order valence-electron chi connectivity index (χ3n) is 6.43. The Kier molecular flexibility index (Phi) is 10.1. The minimum Gasteiger partial charge on any atom is -0.444 e. The van der Waals surface area contributed by atoms with Gasteiger partial charge in [-0.3, -0.25) is 9.69 Å². The normalized spacial score (nSPS) is 17.7. The van der Waals surface area contributed by atoms with Crippen LogP contribution in [0.2, 0.25) is 0 Å². The van der Waals surface area contributed by atoms with Gasteiger partial charge in [0.2, 0.25) is 11.9 Å². The van der Waals surface area contributed by atoms with Crippen molar-refractivity contribution in [3.05, 3.63) is 47.4 Å². The van der Waals surface area contributed by atoms with Crippen molar-refractivity contribution in [1.82, 2.24) is 20.2 Å². The molecular weight excluding hydrogens is 499 g/mol. The van der Waals surface area contributed by atoms with Gasteiger partial charge in [-0.25, -0.2) is 14.2 Å². The van der Waals surface area contributed by atoms with E-state index in [0.29, 0.717) is 30.3 Å². The minimum absolute atomic E-state index is 0.0338. The fourth-order valence-electron chi connectivity index (χ4n) is 4.18. The van der Waals surface area contributed by atoms with E-state index in [2.05, 4.69) is 37.8 Å². The summed E-state index contributed by atoms with van der Waals surface area (Å²) in [4.78, 5) is 35.3. The summed E-state index contributed by atoms with van der Waals surface area (Å²) < 4.78 is 18.9. The molecule has 1 aliphatic rings. The smallest absolute Gasteiger partial charge is 0.410 e. The van der Waals surface area contributed by atoms with Crippen LogP contribution < -0.4 is 16.0 Å². The lowest BCUT2D eigenvalue weighted by Gasteiger charge is -2.31. The Hall–Kier alpha value is -3.87. The highest BCUT2D eigenvalue weighted by molar-refractivity contribution is 5.85. The van der Waals surface area contributed by atoms with Gasteiger partial charge in [0.1, 0.15) is 23.3 Å². The zero-order valence-corrected chi connectivity index (χ0v) is 23.6. The van der Waals surface area contributed by atoms with Crippen LogP contribution in [0, 0.1) is 23.6 Å². The molecule has 0 bridgehead atoms. The van der Waals surface area contributed by atoms with Crippen LogP contribution >= 0.6 is 0 Å². The third-order valence-corrected chi connectivity index (χ3v) is 6.43. The number of carbonyl (C=O) groups excluding carboxylic acids is 2. The van der Waals surface area contributed by atoms with E-state index in [4.69, 9.17) is 4.74 Å². The van der Waals surface area contributed by atoms with Crippen molar-refractivity contribution in [2.75, 3.05) is 24.7 Å². The Labute approximate surface area is 230 Å². The van der Waals surface area contributed by atoms with Crippen molar-refractivity contribution in [2.45, 2.75) is 77.6 Å². The number of ether oxygens (including phenoxy) is 1. The molecule has 0 radical (unpaired) electrons. The van der Waals surface area contributed by atoms with E-state index in [1.165, 1.54) is 17.0 Å². The van der Waals surface area contributed by atoms with Gasteiger partial charge >= 0.3 is 6.09 Å². The predicted molar refractivity (Wildman–Crippen MR) is 150 cm³/mol. The molecule has 2 amide bonds. The number of carbonyl (C=O) groups is 2. The number of likely N-dealkylation sites (N-methyl/N-ethyl adjacent to an activating group) is 1. The molecule has 0 unspecified atom stereocenters. The Balaban J connectivity index is 1.63. The lowest BCUT2D eigenvalue weighted by molar-refractivity contribution is -0.126. The maximum Gasteiger partial charge on any atom is 0.410 e. The molecule has 10 heteroatoms. The van der Waals surface area contributed by atoms with Crippen LogP contribution in [0.15, 0.2) is 30.5 Å². The van der Waals surface area contributed by atoms with E-state index >= 15 is 0 Å². The lowest BCUT2D eigenvalue weighted by atomic mass is 9.86. The maximum absolute atomic E-state index is 13.6. The Morgan fingerprint density at radius 2 is 2.05 bits per heavy atom. The van der Waals surface area contributed by atoms with Gasteiger partial charge in [-0.15, -0.1) is 0 Å². The summed E-state index contributed by atoms with van der Waals surface area (Å²) in [5.74, 6) is 7.13. The number of rotatable bonds is 7. The predicted octanol–water partition coefficient (Wildman–Crippen LogP) is 4.55. The zero-order valence-electron chi connectivity index (χ0n) is 23.6. The Morgan fingerprint density at radius 1 is 1.28 bits per heavy atom. The van der Waals surface area contributed by atoms with Gasteiger partial charge in [-0.2, -0.15) is 4.98 Å². The van der Waals surface area contributed by atoms with E-state index < -0.39 is 17.7 Å². The second-order valence-electron chi connectivity index (χ2n) is 10.8. The molecule has 210 valence electrons. The molecule has 3 N–H and O–H groups in total. The number of benzene rings is 1. The van der Waals surface area contributed by atoms with Crippen LogP contribution in [0.3, 0.4) is 0 Å². The van der Waals surface area contributed by atoms with Crippen LogP contribution in [0.1, 0.15) is 64.5 Å². The highest BCUT2D eigenvalue weighted by Gasteiger charge is 2.29. The first-order chi connectivity index (χ1) is 18.4. The molecular formula is C29H39FN6O3. The van der Waals surface area contributed by atoms with Gasteiger partial charge < -0.3 is 20.7 Å². The number of amides is 2. The largest absolute Gasteiger partial charge is 0.444 e. The zero-order chi connectivity index (χ0) is 28.6. The molecule has 1 fully saturated rings. The van der Waals surface area contributed by atoms with Crippen molar-refractivity contribution in [2.24, 2.45) is 5.92 Å². The molecule has 2 aromatic rings. The fraction of sp³-hybridized carbons (Fsp3) is 0.517. The summed E-state index contributed by atoms with van der Waals surface area (Å²) in [6.07, 6.45) is 4.55. The summed E-state index contributed by atoms with van der Waals surface area (Å²) in [6.45, 7) is 7.44. The Morgan fingerprint density at radius 3 is 2.74 bits per heavy atom. The molecule has 39 heavy (non-hydrogen) atoms. The molecule has 3 rings (SSSR count). The standard InChI is InChI=1S/C29H39FN6O3/c1-19(36(6)28(38)39-29(2,3)4)26(37)34-24-12-8-9-20(16-24)13-14-22-18-33-27(31-5)35-25(22)32-17-21-10-7-11-23(30)15-21/h7,10-11,15,18-20,24H,8-9,12,16-17H2,1-6H3,(H,34,37)(H2,31,32,33,35)/t19-,20-,24-/m0/s1. The first-order valence-corrected chi connectivity index (χ1v) is 13.3. The molecule has 1 aliphatic carbocycles. The van der Waals surface area contributed by atoms with E-state index in [1.54, 1.807) is 54.1 Å². The highest BCUT2D eigenvalue weighted by atomic mass is 19.1. The highest BCUT2D eigenvalue weighted by Crippen LogP contribution is 2.25. The van der Waals surface area contributed by atoms with Crippen LogP contribution in [-0.2, 0) is 16.1 Å². The molecule has 1 aromatic carbocycles. The number of hydrogen-bond donors (Lipinski definition) is 3. The second-order valence-corrected chi connectivity index (χ2v) is 10.8. The van der Waals surface area contributed by atoms with E-state index in [9.17, 15) is 14.0 Å². The molecule has 1 saturated carbocycles. The van der Waals surface area contributed by atoms with Gasteiger partial charge in [-0.05, 0) is 64.7 Å². The first-order valence-electron chi connectivity index (χ1n) is 13.3. The maximum atomic E-state index is 13.6. The van der Waals surface area contributed by atoms with Gasteiger partial charge in [0.25, 0.3) is 0 Å². The quantitative estimate of drug-likeness (QED) is 0.444. The van der Waals surface area contributed by atoms with Crippen LogP contribution in [0.25, 0.3) is 0 Å². The molecule has 0 aliphatic heterocycles. The van der Waals surface area contributed by atoms with Crippen molar-refractivity contribution >= 4 is 23.8 Å². The number of nitrogens with zero attached hydrogens (tertiary/aromatic N) is 3. The van der Waals surface area contributed by atoms with E-state index in [0.717, 1.165) is 24.8 Å². The van der Waals surface area contributed by atoms with Gasteiger partial charge in [0.05, 0.1) is 11.8 Å². The molecule has 3 atom stereocenters. The Bertz CT molecular complexity index is 1220. The number of hydrogen-bond acceptors (Lipinski definition) is 7. The van der Waals surface area contributed by atoms with Gasteiger partial charge in [0, 0.05) is 32.6 Å². The average Bonchev–Trinajstić information content (AvgIpc) is 2.89. The molecule has 1 heterocycles. The minimum atomic E-state index is -0.666. The topological polar surface area (TPSA) is 108 Å². The first kappa shape index (κ1) is 29.7. The summed E-state index contributed by atoms with van der Waals surface area (Å²) in [6, 6.07) is 5.69. The molecule has 0 spiro atoms. The van der Waals surface area contributed by atoms with Crippen molar-refractivity contribution in [3.63, 3.8) is 0 Å². The molecule has 1 aromatic heterocycles. The molecule has 0 saturated heterocycles. The fourth-order valence-corrected chi connectivity index (χ4v) is 4.18. The van der Waals surface area contributed by atoms with Crippen LogP contribution in [0.4, 0.5) is 21.0 Å². The molecule has 9 nitrogen and oxygen atoms in total. The van der Waals surface area contributed by atoms with E-state index in [-0.39, 0.29) is 23.7 Å².